The highest BCUT2D eigenvalue weighted by atomic mass is 32.2. The van der Waals surface area contributed by atoms with E-state index in [4.69, 9.17) is 9.47 Å². The number of sulfonamides is 1. The number of carbonyl (C=O) groups is 2. The third-order valence-corrected chi connectivity index (χ3v) is 4.91. The fourth-order valence-electron chi connectivity index (χ4n) is 2.17. The van der Waals surface area contributed by atoms with Crippen molar-refractivity contribution in [2.24, 2.45) is 0 Å². The van der Waals surface area contributed by atoms with Crippen LogP contribution < -0.4 is 19.5 Å². The molecule has 0 aliphatic heterocycles. The number of hydrogen-bond donors (Lipinski definition) is 2. The molecule has 0 saturated heterocycles. The van der Waals surface area contributed by atoms with Gasteiger partial charge in [0.1, 0.15) is 11.5 Å². The van der Waals surface area contributed by atoms with Crippen LogP contribution >= 0.6 is 0 Å². The first-order valence-corrected chi connectivity index (χ1v) is 9.50. The second-order valence-electron chi connectivity index (χ2n) is 5.45. The predicted molar refractivity (Wildman–Crippen MR) is 98.3 cm³/mol. The summed E-state index contributed by atoms with van der Waals surface area (Å²) in [5.41, 5.74) is 0.298. The van der Waals surface area contributed by atoms with Crippen molar-refractivity contribution in [1.29, 1.82) is 0 Å². The zero-order chi connectivity index (χ0) is 19.9. The van der Waals surface area contributed by atoms with E-state index in [1.165, 1.54) is 32.2 Å². The molecule has 0 bridgehead atoms. The molecule has 0 atom stereocenters. The molecule has 0 aliphatic rings. The molecule has 0 spiro atoms. The van der Waals surface area contributed by atoms with Gasteiger partial charge in [-0.15, -0.1) is 0 Å². The molecule has 2 rings (SSSR count). The van der Waals surface area contributed by atoms with Gasteiger partial charge in [-0.25, -0.2) is 13.1 Å². The van der Waals surface area contributed by atoms with Crippen molar-refractivity contribution in [1.82, 2.24) is 10.0 Å². The van der Waals surface area contributed by atoms with Gasteiger partial charge in [-0.05, 0) is 42.5 Å². The lowest BCUT2D eigenvalue weighted by molar-refractivity contribution is -0.131. The van der Waals surface area contributed by atoms with E-state index in [2.05, 4.69) is 10.0 Å². The largest absolute Gasteiger partial charge is 0.497 e. The number of amides is 1. The molecule has 144 valence electrons. The van der Waals surface area contributed by atoms with Crippen molar-refractivity contribution in [3.63, 3.8) is 0 Å². The van der Waals surface area contributed by atoms with Crippen molar-refractivity contribution in [2.45, 2.75) is 11.8 Å². The highest BCUT2D eigenvalue weighted by Gasteiger charge is 2.14. The summed E-state index contributed by atoms with van der Waals surface area (Å²) in [6.07, 6.45) is 0. The topological polar surface area (TPSA) is 111 Å². The van der Waals surface area contributed by atoms with Crippen molar-refractivity contribution in [3.05, 3.63) is 54.1 Å². The van der Waals surface area contributed by atoms with Crippen LogP contribution in [0.5, 0.6) is 11.5 Å². The molecule has 8 nitrogen and oxygen atoms in total. The van der Waals surface area contributed by atoms with E-state index in [-0.39, 0.29) is 23.7 Å². The van der Waals surface area contributed by atoms with Gasteiger partial charge in [0.15, 0.2) is 0 Å². The van der Waals surface area contributed by atoms with E-state index in [1.807, 2.05) is 0 Å². The summed E-state index contributed by atoms with van der Waals surface area (Å²) in [5, 5.41) is 2.60. The Hall–Kier alpha value is -2.91. The molecule has 2 aromatic carbocycles. The van der Waals surface area contributed by atoms with Gasteiger partial charge in [0.05, 0.1) is 12.0 Å². The Labute approximate surface area is 157 Å². The first-order chi connectivity index (χ1) is 12.8. The molecule has 0 saturated carbocycles. The van der Waals surface area contributed by atoms with Crippen molar-refractivity contribution < 1.29 is 27.5 Å². The molecule has 0 heterocycles. The summed E-state index contributed by atoms with van der Waals surface area (Å²) >= 11 is 0. The van der Waals surface area contributed by atoms with Crippen LogP contribution in [0.4, 0.5) is 0 Å². The van der Waals surface area contributed by atoms with E-state index in [1.54, 1.807) is 30.3 Å². The highest BCUT2D eigenvalue weighted by molar-refractivity contribution is 7.89. The molecule has 0 fully saturated rings. The third-order valence-electron chi connectivity index (χ3n) is 3.43. The number of hydrogen-bond acceptors (Lipinski definition) is 6. The Morgan fingerprint density at radius 1 is 1.00 bits per heavy atom. The lowest BCUT2D eigenvalue weighted by Crippen LogP contribution is -2.34. The fraction of sp³-hybridized carbons (Fsp3) is 0.222. The standard InChI is InChI=1S/C18H20N2O6S/c1-13(21)26-16-5-3-4-14(12-16)18(22)19-10-11-20-27(23,24)17-8-6-15(25-2)7-9-17/h3-9,12,20H,10-11H2,1-2H3,(H,19,22). The number of benzene rings is 2. The lowest BCUT2D eigenvalue weighted by atomic mass is 10.2. The molecular weight excluding hydrogens is 372 g/mol. The molecule has 2 aromatic rings. The average Bonchev–Trinajstić information content (AvgIpc) is 2.65. The van der Waals surface area contributed by atoms with E-state index >= 15 is 0 Å². The van der Waals surface area contributed by atoms with Crippen LogP contribution in [0.15, 0.2) is 53.4 Å². The summed E-state index contributed by atoms with van der Waals surface area (Å²) in [7, 11) is -2.19. The van der Waals surface area contributed by atoms with Crippen molar-refractivity contribution in [2.75, 3.05) is 20.2 Å². The van der Waals surface area contributed by atoms with E-state index < -0.39 is 21.9 Å². The molecule has 0 radical (unpaired) electrons. The van der Waals surface area contributed by atoms with E-state index in [9.17, 15) is 18.0 Å². The first-order valence-electron chi connectivity index (χ1n) is 8.02. The molecule has 0 aliphatic carbocycles. The Morgan fingerprint density at radius 2 is 1.70 bits per heavy atom. The number of ether oxygens (including phenoxy) is 2. The van der Waals surface area contributed by atoms with Crippen LogP contribution in [0.1, 0.15) is 17.3 Å². The van der Waals surface area contributed by atoms with Gasteiger partial charge in [0.2, 0.25) is 10.0 Å². The maximum absolute atomic E-state index is 12.2. The van der Waals surface area contributed by atoms with Gasteiger partial charge in [-0.1, -0.05) is 6.07 Å². The number of rotatable bonds is 8. The van der Waals surface area contributed by atoms with E-state index in [0.29, 0.717) is 11.3 Å². The van der Waals surface area contributed by atoms with Crippen LogP contribution in [-0.2, 0) is 14.8 Å². The summed E-state index contributed by atoms with van der Waals surface area (Å²) < 4.78 is 36.7. The molecule has 2 N–H and O–H groups in total. The van der Waals surface area contributed by atoms with Crippen LogP contribution in [0.2, 0.25) is 0 Å². The van der Waals surface area contributed by atoms with Crippen LogP contribution in [0.25, 0.3) is 0 Å². The minimum atomic E-state index is -3.68. The smallest absolute Gasteiger partial charge is 0.308 e. The number of esters is 1. The normalized spacial score (nSPS) is 10.9. The average molecular weight is 392 g/mol. The molecule has 9 heteroatoms. The zero-order valence-electron chi connectivity index (χ0n) is 14.9. The van der Waals surface area contributed by atoms with Gasteiger partial charge in [-0.2, -0.15) is 0 Å². The quantitative estimate of drug-likeness (QED) is 0.398. The Balaban J connectivity index is 1.86. The van der Waals surface area contributed by atoms with Crippen LogP contribution in [0.3, 0.4) is 0 Å². The summed E-state index contributed by atoms with van der Waals surface area (Å²) in [6.45, 7) is 1.37. The molecule has 1 amide bonds. The molecule has 27 heavy (non-hydrogen) atoms. The van der Waals surface area contributed by atoms with Crippen molar-refractivity contribution in [3.8, 4) is 11.5 Å². The minimum absolute atomic E-state index is 0.0176. The van der Waals surface area contributed by atoms with E-state index in [0.717, 1.165) is 0 Å². The first kappa shape index (κ1) is 20.4. The number of methoxy groups -OCH3 is 1. The molecule has 0 aromatic heterocycles. The predicted octanol–water partition coefficient (Wildman–Crippen LogP) is 1.33. The van der Waals surface area contributed by atoms with Crippen molar-refractivity contribution >= 4 is 21.9 Å². The van der Waals surface area contributed by atoms with Gasteiger partial charge in [-0.3, -0.25) is 9.59 Å². The van der Waals surface area contributed by atoms with Gasteiger partial charge in [0.25, 0.3) is 5.91 Å². The summed E-state index contributed by atoms with van der Waals surface area (Å²) in [4.78, 5) is 23.2. The zero-order valence-corrected chi connectivity index (χ0v) is 15.7. The second-order valence-corrected chi connectivity index (χ2v) is 7.22. The van der Waals surface area contributed by atoms with Crippen LogP contribution in [-0.4, -0.2) is 40.5 Å². The highest BCUT2D eigenvalue weighted by Crippen LogP contribution is 2.15. The summed E-state index contributed by atoms with van der Waals surface area (Å²) in [5.74, 6) is -0.0827. The number of carbonyl (C=O) groups excluding carboxylic acids is 2. The second kappa shape index (κ2) is 9.15. The third kappa shape index (κ3) is 6.08. The Bertz CT molecular complexity index is 910. The van der Waals surface area contributed by atoms with Crippen LogP contribution in [0, 0.1) is 0 Å². The monoisotopic (exact) mass is 392 g/mol. The maximum atomic E-state index is 12.2. The SMILES string of the molecule is COc1ccc(S(=O)(=O)NCCNC(=O)c2cccc(OC(C)=O)c2)cc1. The van der Waals surface area contributed by atoms with Gasteiger partial charge < -0.3 is 14.8 Å². The van der Waals surface area contributed by atoms with Gasteiger partial charge in [0, 0.05) is 25.6 Å². The maximum Gasteiger partial charge on any atom is 0.308 e. The summed E-state index contributed by atoms with van der Waals surface area (Å²) in [6, 6.07) is 12.1. The fourth-order valence-corrected chi connectivity index (χ4v) is 3.20. The van der Waals surface area contributed by atoms with Gasteiger partial charge >= 0.3 is 5.97 Å². The molecular formula is C18H20N2O6S. The Kier molecular flexibility index (Phi) is 6.91. The number of nitrogens with one attached hydrogen (secondary N) is 2. The minimum Gasteiger partial charge on any atom is -0.497 e. The molecule has 0 unspecified atom stereocenters. The lowest BCUT2D eigenvalue weighted by Gasteiger charge is -2.09. The Morgan fingerprint density at radius 3 is 2.33 bits per heavy atom.